The average molecular weight is 420 g/mol. The number of rotatable bonds is 6. The molecule has 0 spiro atoms. The Morgan fingerprint density at radius 3 is 2.58 bits per heavy atom. The van der Waals surface area contributed by atoms with Crippen molar-refractivity contribution in [3.05, 3.63) is 65.4 Å². The SMILES string of the molecule is CCOc1ccc(C(=O)N[C@H](C(=O)N2CCc3[nH]c4ccccc4c3C2)C(C)C)cc1. The minimum atomic E-state index is -0.578. The van der Waals surface area contributed by atoms with Crippen molar-refractivity contribution in [2.45, 2.75) is 39.8 Å². The number of nitrogens with one attached hydrogen (secondary N) is 2. The molecular weight excluding hydrogens is 390 g/mol. The van der Waals surface area contributed by atoms with Gasteiger partial charge in [-0.2, -0.15) is 0 Å². The van der Waals surface area contributed by atoms with Gasteiger partial charge < -0.3 is 19.9 Å². The number of aromatic nitrogens is 1. The molecule has 6 nitrogen and oxygen atoms in total. The van der Waals surface area contributed by atoms with Gasteiger partial charge in [0.2, 0.25) is 5.91 Å². The number of aromatic amines is 1. The van der Waals surface area contributed by atoms with E-state index in [1.807, 2.05) is 37.8 Å². The summed E-state index contributed by atoms with van der Waals surface area (Å²) in [6.45, 7) is 7.61. The fourth-order valence-corrected chi connectivity index (χ4v) is 4.16. The van der Waals surface area contributed by atoms with Crippen molar-refractivity contribution >= 4 is 22.7 Å². The second-order valence-electron chi connectivity index (χ2n) is 8.29. The van der Waals surface area contributed by atoms with Crippen LogP contribution in [0.4, 0.5) is 0 Å². The summed E-state index contributed by atoms with van der Waals surface area (Å²) in [4.78, 5) is 31.6. The van der Waals surface area contributed by atoms with Crippen LogP contribution >= 0.6 is 0 Å². The van der Waals surface area contributed by atoms with Crippen molar-refractivity contribution < 1.29 is 14.3 Å². The average Bonchev–Trinajstić information content (AvgIpc) is 3.15. The third-order valence-electron chi connectivity index (χ3n) is 5.84. The molecule has 2 N–H and O–H groups in total. The third-order valence-corrected chi connectivity index (χ3v) is 5.84. The summed E-state index contributed by atoms with van der Waals surface area (Å²) in [7, 11) is 0. The highest BCUT2D eigenvalue weighted by Crippen LogP contribution is 2.28. The van der Waals surface area contributed by atoms with Gasteiger partial charge >= 0.3 is 0 Å². The minimum absolute atomic E-state index is 0.0245. The molecule has 0 bridgehead atoms. The molecule has 1 aliphatic rings. The van der Waals surface area contributed by atoms with E-state index in [0.29, 0.717) is 25.3 Å². The van der Waals surface area contributed by atoms with Gasteiger partial charge in [-0.3, -0.25) is 9.59 Å². The van der Waals surface area contributed by atoms with Crippen molar-refractivity contribution in [1.29, 1.82) is 0 Å². The molecule has 2 amide bonds. The van der Waals surface area contributed by atoms with Crippen LogP contribution < -0.4 is 10.1 Å². The summed E-state index contributed by atoms with van der Waals surface area (Å²) < 4.78 is 5.43. The molecule has 0 radical (unpaired) electrons. The van der Waals surface area contributed by atoms with Crippen LogP contribution in [0.25, 0.3) is 10.9 Å². The number of fused-ring (bicyclic) bond motifs is 3. The van der Waals surface area contributed by atoms with Gasteiger partial charge in [-0.05, 0) is 43.2 Å². The van der Waals surface area contributed by atoms with Crippen molar-refractivity contribution in [3.8, 4) is 5.75 Å². The first-order valence-corrected chi connectivity index (χ1v) is 10.9. The first kappa shape index (κ1) is 21.0. The van der Waals surface area contributed by atoms with Crippen molar-refractivity contribution in [3.63, 3.8) is 0 Å². The minimum Gasteiger partial charge on any atom is -0.494 e. The van der Waals surface area contributed by atoms with Gasteiger partial charge in [-0.1, -0.05) is 32.0 Å². The molecular formula is C25H29N3O3. The van der Waals surface area contributed by atoms with Crippen molar-refractivity contribution in [2.75, 3.05) is 13.2 Å². The smallest absolute Gasteiger partial charge is 0.251 e. The molecule has 2 aromatic carbocycles. The molecule has 1 aliphatic heterocycles. The van der Waals surface area contributed by atoms with Gasteiger partial charge in [0.05, 0.1) is 6.61 Å². The number of nitrogens with zero attached hydrogens (tertiary/aromatic N) is 1. The topological polar surface area (TPSA) is 74.4 Å². The molecule has 0 saturated carbocycles. The highest BCUT2D eigenvalue weighted by molar-refractivity contribution is 5.98. The largest absolute Gasteiger partial charge is 0.494 e. The summed E-state index contributed by atoms with van der Waals surface area (Å²) in [5.41, 5.74) is 3.99. The van der Waals surface area contributed by atoms with E-state index in [1.165, 1.54) is 11.3 Å². The zero-order chi connectivity index (χ0) is 22.0. The zero-order valence-corrected chi connectivity index (χ0v) is 18.3. The van der Waals surface area contributed by atoms with Crippen LogP contribution in [0.2, 0.25) is 0 Å². The maximum Gasteiger partial charge on any atom is 0.251 e. The Morgan fingerprint density at radius 1 is 1.13 bits per heavy atom. The van der Waals surface area contributed by atoms with Gasteiger partial charge in [0.1, 0.15) is 11.8 Å². The number of para-hydroxylation sites is 1. The number of H-pyrrole nitrogens is 1. The second kappa shape index (κ2) is 8.84. The maximum atomic E-state index is 13.4. The fraction of sp³-hybridized carbons (Fsp3) is 0.360. The monoisotopic (exact) mass is 419 g/mol. The molecule has 1 atom stereocenters. The molecule has 1 aromatic heterocycles. The van der Waals surface area contributed by atoms with Crippen LogP contribution in [-0.4, -0.2) is 40.9 Å². The van der Waals surface area contributed by atoms with Gasteiger partial charge in [-0.25, -0.2) is 0 Å². The van der Waals surface area contributed by atoms with E-state index < -0.39 is 6.04 Å². The molecule has 0 unspecified atom stereocenters. The summed E-state index contributed by atoms with van der Waals surface area (Å²) >= 11 is 0. The maximum absolute atomic E-state index is 13.4. The fourth-order valence-electron chi connectivity index (χ4n) is 4.16. The molecule has 0 aliphatic carbocycles. The number of hydrogen-bond acceptors (Lipinski definition) is 3. The van der Waals surface area contributed by atoms with Crippen molar-refractivity contribution in [1.82, 2.24) is 15.2 Å². The van der Waals surface area contributed by atoms with Crippen LogP contribution in [-0.2, 0) is 17.8 Å². The summed E-state index contributed by atoms with van der Waals surface area (Å²) in [5, 5.41) is 4.12. The quantitative estimate of drug-likeness (QED) is 0.636. The Hall–Kier alpha value is -3.28. The highest BCUT2D eigenvalue weighted by Gasteiger charge is 2.32. The molecule has 6 heteroatoms. The Bertz CT molecular complexity index is 1090. The van der Waals surface area contributed by atoms with Crippen LogP contribution in [0.15, 0.2) is 48.5 Å². The number of amides is 2. The van der Waals surface area contributed by atoms with Crippen LogP contribution in [0.5, 0.6) is 5.75 Å². The summed E-state index contributed by atoms with van der Waals surface area (Å²) in [5.74, 6) is 0.409. The second-order valence-corrected chi connectivity index (χ2v) is 8.29. The molecule has 4 rings (SSSR count). The first-order valence-electron chi connectivity index (χ1n) is 10.9. The number of carbonyl (C=O) groups is 2. The molecule has 2 heterocycles. The molecule has 0 saturated heterocycles. The van der Waals surface area contributed by atoms with Gasteiger partial charge in [-0.15, -0.1) is 0 Å². The van der Waals surface area contributed by atoms with Crippen LogP contribution in [0, 0.1) is 5.92 Å². The van der Waals surface area contributed by atoms with Gasteiger partial charge in [0.15, 0.2) is 0 Å². The van der Waals surface area contributed by atoms with E-state index in [9.17, 15) is 9.59 Å². The zero-order valence-electron chi connectivity index (χ0n) is 18.3. The number of hydrogen-bond donors (Lipinski definition) is 2. The van der Waals surface area contributed by atoms with E-state index in [1.54, 1.807) is 24.3 Å². The van der Waals surface area contributed by atoms with E-state index in [0.717, 1.165) is 23.1 Å². The standard InChI is InChI=1S/C25H29N3O3/c1-4-31-18-11-9-17(10-12-18)24(29)27-23(16(2)3)25(30)28-14-13-22-20(15-28)19-7-5-6-8-21(19)26-22/h5-12,16,23,26H,4,13-15H2,1-3H3,(H,27,29)/t23-/m0/s1. The summed E-state index contributed by atoms with van der Waals surface area (Å²) in [6.07, 6.45) is 0.785. The van der Waals surface area contributed by atoms with E-state index in [2.05, 4.69) is 22.4 Å². The number of benzene rings is 2. The summed E-state index contributed by atoms with van der Waals surface area (Å²) in [6, 6.07) is 14.6. The van der Waals surface area contributed by atoms with Gasteiger partial charge in [0, 0.05) is 47.2 Å². The Morgan fingerprint density at radius 2 is 1.87 bits per heavy atom. The van der Waals surface area contributed by atoms with E-state index in [4.69, 9.17) is 4.74 Å². The lowest BCUT2D eigenvalue weighted by atomic mass is 9.99. The van der Waals surface area contributed by atoms with Crippen molar-refractivity contribution in [2.24, 2.45) is 5.92 Å². The highest BCUT2D eigenvalue weighted by atomic mass is 16.5. The molecule has 31 heavy (non-hydrogen) atoms. The van der Waals surface area contributed by atoms with Crippen LogP contribution in [0.3, 0.4) is 0 Å². The lowest BCUT2D eigenvalue weighted by Gasteiger charge is -2.32. The van der Waals surface area contributed by atoms with E-state index >= 15 is 0 Å². The predicted molar refractivity (Wildman–Crippen MR) is 121 cm³/mol. The van der Waals surface area contributed by atoms with E-state index in [-0.39, 0.29) is 17.7 Å². The molecule has 0 fully saturated rings. The predicted octanol–water partition coefficient (Wildman–Crippen LogP) is 3.91. The lowest BCUT2D eigenvalue weighted by Crippen LogP contribution is -2.52. The van der Waals surface area contributed by atoms with Gasteiger partial charge in [0.25, 0.3) is 5.91 Å². The Kier molecular flexibility index (Phi) is 5.98. The third kappa shape index (κ3) is 4.29. The Labute approximate surface area is 182 Å². The Balaban J connectivity index is 1.49. The molecule has 162 valence electrons. The first-order chi connectivity index (χ1) is 15.0. The normalized spacial score (nSPS) is 14.4. The number of carbonyl (C=O) groups excluding carboxylic acids is 2. The lowest BCUT2D eigenvalue weighted by molar-refractivity contribution is -0.135. The molecule has 3 aromatic rings. The van der Waals surface area contributed by atoms with Crippen LogP contribution in [0.1, 0.15) is 42.4 Å². The number of ether oxygens (including phenoxy) is 1.